The molecule has 0 N–H and O–H groups in total. The standard InChI is InChI=1S/C13H10N3O/c1-17-11-6-4-5-10(9-11)16-14-12-7-2-3-8-13(12)15-16/h2-5,7-9H,1H3. The lowest BCUT2D eigenvalue weighted by Crippen LogP contribution is -1.98. The maximum Gasteiger partial charge on any atom is 0.129 e. The van der Waals surface area contributed by atoms with E-state index >= 15 is 0 Å². The van der Waals surface area contributed by atoms with Crippen LogP contribution < -0.4 is 4.74 Å². The minimum absolute atomic E-state index is 0.670. The van der Waals surface area contributed by atoms with Crippen LogP contribution in [0.15, 0.2) is 42.5 Å². The maximum absolute atomic E-state index is 5.13. The molecule has 0 bridgehead atoms. The van der Waals surface area contributed by atoms with Crippen molar-refractivity contribution in [2.45, 2.75) is 0 Å². The van der Waals surface area contributed by atoms with Crippen molar-refractivity contribution in [2.24, 2.45) is 0 Å². The largest absolute Gasteiger partial charge is 0.496 e. The second-order valence-electron chi connectivity index (χ2n) is 3.59. The topological polar surface area (TPSA) is 39.9 Å². The summed E-state index contributed by atoms with van der Waals surface area (Å²) in [6.45, 7) is 0. The van der Waals surface area contributed by atoms with Crippen LogP contribution in [0.2, 0.25) is 0 Å². The summed E-state index contributed by atoms with van der Waals surface area (Å²) in [5.74, 6) is 0.670. The lowest BCUT2D eigenvalue weighted by molar-refractivity contribution is 0.413. The van der Waals surface area contributed by atoms with Crippen LogP contribution in [0, 0.1) is 6.07 Å². The Hall–Kier alpha value is -2.36. The van der Waals surface area contributed by atoms with Gasteiger partial charge in [0, 0.05) is 12.1 Å². The van der Waals surface area contributed by atoms with Gasteiger partial charge in [-0.25, -0.2) is 0 Å². The molecule has 17 heavy (non-hydrogen) atoms. The first-order chi connectivity index (χ1) is 8.36. The van der Waals surface area contributed by atoms with Crippen molar-refractivity contribution in [3.8, 4) is 11.4 Å². The van der Waals surface area contributed by atoms with Gasteiger partial charge < -0.3 is 4.74 Å². The summed E-state index contributed by atoms with van der Waals surface area (Å²) in [6, 6.07) is 16.3. The van der Waals surface area contributed by atoms with E-state index in [1.807, 2.05) is 36.4 Å². The summed E-state index contributed by atoms with van der Waals surface area (Å²) < 4.78 is 5.13. The van der Waals surface area contributed by atoms with Gasteiger partial charge >= 0.3 is 0 Å². The van der Waals surface area contributed by atoms with Crippen LogP contribution >= 0.6 is 0 Å². The molecular formula is C13H10N3O. The number of hydrogen-bond acceptors (Lipinski definition) is 3. The van der Waals surface area contributed by atoms with Crippen LogP contribution in [0.5, 0.6) is 5.75 Å². The third kappa shape index (κ3) is 1.73. The highest BCUT2D eigenvalue weighted by molar-refractivity contribution is 5.73. The van der Waals surface area contributed by atoms with Crippen molar-refractivity contribution in [1.82, 2.24) is 15.0 Å². The minimum atomic E-state index is 0.670. The summed E-state index contributed by atoms with van der Waals surface area (Å²) in [5.41, 5.74) is 2.61. The molecule has 0 amide bonds. The van der Waals surface area contributed by atoms with Gasteiger partial charge in [0.2, 0.25) is 0 Å². The molecule has 0 atom stereocenters. The predicted octanol–water partition coefficient (Wildman–Crippen LogP) is 2.23. The van der Waals surface area contributed by atoms with Gasteiger partial charge in [0.1, 0.15) is 16.8 Å². The highest BCUT2D eigenvalue weighted by Gasteiger charge is 2.04. The Kier molecular flexibility index (Phi) is 2.26. The number of rotatable bonds is 2. The summed E-state index contributed by atoms with van der Waals surface area (Å²) in [5, 5.41) is 8.79. The van der Waals surface area contributed by atoms with Crippen molar-refractivity contribution in [1.29, 1.82) is 0 Å². The average Bonchev–Trinajstić information content (AvgIpc) is 2.82. The molecule has 0 spiro atoms. The first-order valence-electron chi connectivity index (χ1n) is 5.25. The Labute approximate surface area is 98.4 Å². The molecule has 1 aromatic heterocycles. The Morgan fingerprint density at radius 1 is 1.12 bits per heavy atom. The molecule has 0 aliphatic heterocycles. The van der Waals surface area contributed by atoms with Gasteiger partial charge in [0.05, 0.1) is 12.8 Å². The minimum Gasteiger partial charge on any atom is -0.496 e. The molecular weight excluding hydrogens is 214 g/mol. The number of ether oxygens (including phenoxy) is 1. The first-order valence-corrected chi connectivity index (χ1v) is 5.25. The van der Waals surface area contributed by atoms with E-state index in [1.165, 1.54) is 0 Å². The van der Waals surface area contributed by atoms with Crippen molar-refractivity contribution in [3.05, 3.63) is 48.5 Å². The highest BCUT2D eigenvalue weighted by Crippen LogP contribution is 2.16. The zero-order chi connectivity index (χ0) is 11.7. The molecule has 0 saturated carbocycles. The van der Waals surface area contributed by atoms with Gasteiger partial charge in [0.25, 0.3) is 0 Å². The molecule has 0 saturated heterocycles. The van der Waals surface area contributed by atoms with Crippen molar-refractivity contribution in [3.63, 3.8) is 0 Å². The molecule has 4 nitrogen and oxygen atoms in total. The molecule has 4 heteroatoms. The van der Waals surface area contributed by atoms with Crippen LogP contribution in [-0.4, -0.2) is 22.1 Å². The summed E-state index contributed by atoms with van der Waals surface area (Å²) >= 11 is 0. The van der Waals surface area contributed by atoms with Crippen molar-refractivity contribution in [2.75, 3.05) is 7.11 Å². The number of benzene rings is 2. The Morgan fingerprint density at radius 2 is 1.82 bits per heavy atom. The van der Waals surface area contributed by atoms with Gasteiger partial charge in [-0.05, 0) is 24.3 Å². The van der Waals surface area contributed by atoms with Crippen LogP contribution in [0.1, 0.15) is 0 Å². The number of nitrogens with zero attached hydrogens (tertiary/aromatic N) is 3. The van der Waals surface area contributed by atoms with E-state index in [9.17, 15) is 0 Å². The molecule has 0 aliphatic carbocycles. The smallest absolute Gasteiger partial charge is 0.129 e. The van der Waals surface area contributed by atoms with E-state index in [-0.39, 0.29) is 0 Å². The SMILES string of the molecule is COc1[c]ccc(-n2nc3ccccc3n2)c1. The van der Waals surface area contributed by atoms with E-state index in [2.05, 4.69) is 16.3 Å². The van der Waals surface area contributed by atoms with E-state index in [4.69, 9.17) is 4.74 Å². The summed E-state index contributed by atoms with van der Waals surface area (Å²) in [7, 11) is 1.61. The molecule has 0 fully saturated rings. The normalized spacial score (nSPS) is 10.6. The van der Waals surface area contributed by atoms with Crippen molar-refractivity contribution >= 4 is 11.0 Å². The first kappa shape index (κ1) is 9.84. The summed E-state index contributed by atoms with van der Waals surface area (Å²) in [6.07, 6.45) is 0. The molecule has 1 heterocycles. The Morgan fingerprint density at radius 3 is 2.47 bits per heavy atom. The molecule has 2 aromatic carbocycles. The Bertz CT molecular complexity index is 627. The summed E-state index contributed by atoms with van der Waals surface area (Å²) in [4.78, 5) is 1.60. The monoisotopic (exact) mass is 224 g/mol. The fraction of sp³-hybridized carbons (Fsp3) is 0.0769. The molecule has 3 aromatic rings. The molecule has 3 rings (SSSR count). The number of hydrogen-bond donors (Lipinski definition) is 0. The van der Waals surface area contributed by atoms with Crippen LogP contribution in [-0.2, 0) is 0 Å². The molecule has 1 radical (unpaired) electrons. The predicted molar refractivity (Wildman–Crippen MR) is 64.3 cm³/mol. The van der Waals surface area contributed by atoms with Gasteiger partial charge in [-0.3, -0.25) is 0 Å². The fourth-order valence-electron chi connectivity index (χ4n) is 1.65. The Balaban J connectivity index is 2.13. The lowest BCUT2D eigenvalue weighted by Gasteiger charge is -2.01. The highest BCUT2D eigenvalue weighted by atomic mass is 16.5. The van der Waals surface area contributed by atoms with Gasteiger partial charge in [-0.2, -0.15) is 4.80 Å². The van der Waals surface area contributed by atoms with Gasteiger partial charge in [0.15, 0.2) is 0 Å². The van der Waals surface area contributed by atoms with Gasteiger partial charge in [-0.15, -0.1) is 10.2 Å². The molecule has 0 aliphatic rings. The quantitative estimate of drug-likeness (QED) is 0.670. The van der Waals surface area contributed by atoms with Crippen LogP contribution in [0.25, 0.3) is 16.7 Å². The molecule has 83 valence electrons. The fourth-order valence-corrected chi connectivity index (χ4v) is 1.65. The van der Waals surface area contributed by atoms with Crippen molar-refractivity contribution < 1.29 is 4.74 Å². The zero-order valence-electron chi connectivity index (χ0n) is 9.29. The second-order valence-corrected chi connectivity index (χ2v) is 3.59. The van der Waals surface area contributed by atoms with Gasteiger partial charge in [-0.1, -0.05) is 12.1 Å². The molecule has 0 unspecified atom stereocenters. The second kappa shape index (κ2) is 3.90. The lowest BCUT2D eigenvalue weighted by atomic mass is 10.3. The third-order valence-corrected chi connectivity index (χ3v) is 2.50. The third-order valence-electron chi connectivity index (χ3n) is 2.50. The van der Waals surface area contributed by atoms with E-state index in [0.29, 0.717) is 5.75 Å². The van der Waals surface area contributed by atoms with Crippen LogP contribution in [0.3, 0.4) is 0 Å². The number of methoxy groups -OCH3 is 1. The average molecular weight is 224 g/mol. The van der Waals surface area contributed by atoms with Crippen LogP contribution in [0.4, 0.5) is 0 Å². The maximum atomic E-state index is 5.13. The number of fused-ring (bicyclic) bond motifs is 1. The zero-order valence-corrected chi connectivity index (χ0v) is 9.29. The number of aromatic nitrogens is 3. The van der Waals surface area contributed by atoms with E-state index in [0.717, 1.165) is 16.7 Å². The van der Waals surface area contributed by atoms with E-state index < -0.39 is 0 Å². The van der Waals surface area contributed by atoms with E-state index in [1.54, 1.807) is 18.0 Å².